The van der Waals surface area contributed by atoms with Gasteiger partial charge >= 0.3 is 5.97 Å². The summed E-state index contributed by atoms with van der Waals surface area (Å²) in [5.74, 6) is -1.26. The van der Waals surface area contributed by atoms with Crippen molar-refractivity contribution in [2.45, 2.75) is 6.92 Å². The number of nitriles is 1. The molecule has 0 aromatic heterocycles. The minimum absolute atomic E-state index is 0.378. The van der Waals surface area contributed by atoms with Gasteiger partial charge in [0, 0.05) is 0 Å². The molecule has 2 unspecified atom stereocenters. The zero-order valence-electron chi connectivity index (χ0n) is 6.70. The molecule has 0 N–H and O–H groups in total. The highest BCUT2D eigenvalue weighted by molar-refractivity contribution is 5.72. The van der Waals surface area contributed by atoms with Crippen LogP contribution in [0.3, 0.4) is 0 Å². The summed E-state index contributed by atoms with van der Waals surface area (Å²) < 4.78 is 4.46. The Morgan fingerprint density at radius 2 is 2.36 bits per heavy atom. The average Bonchev–Trinajstić information content (AvgIpc) is 2.05. The van der Waals surface area contributed by atoms with Crippen LogP contribution in [0.5, 0.6) is 0 Å². The number of allylic oxidation sites excluding steroid dienone is 1. The molecule has 0 amide bonds. The van der Waals surface area contributed by atoms with Crippen LogP contribution in [-0.4, -0.2) is 13.1 Å². The normalized spacial score (nSPS) is 14.3. The van der Waals surface area contributed by atoms with E-state index < -0.39 is 11.8 Å². The number of carbonyl (C=O) groups excluding carboxylic acids is 1. The molecule has 0 bridgehead atoms. The second-order valence-electron chi connectivity index (χ2n) is 2.20. The van der Waals surface area contributed by atoms with Gasteiger partial charge in [-0.25, -0.2) is 0 Å². The molecule has 3 heteroatoms. The fourth-order valence-electron chi connectivity index (χ4n) is 0.701. The summed E-state index contributed by atoms with van der Waals surface area (Å²) >= 11 is 0. The lowest BCUT2D eigenvalue weighted by molar-refractivity contribution is -0.145. The minimum Gasteiger partial charge on any atom is -0.469 e. The molecule has 60 valence electrons. The zero-order chi connectivity index (χ0) is 8.85. The molecule has 0 aliphatic heterocycles. The van der Waals surface area contributed by atoms with E-state index in [1.54, 1.807) is 6.92 Å². The van der Waals surface area contributed by atoms with Gasteiger partial charge in [-0.2, -0.15) is 5.26 Å². The first-order chi connectivity index (χ1) is 5.17. The molecule has 0 radical (unpaired) electrons. The van der Waals surface area contributed by atoms with Gasteiger partial charge in [-0.15, -0.1) is 6.58 Å². The Hall–Kier alpha value is -1.30. The van der Waals surface area contributed by atoms with E-state index in [9.17, 15) is 4.79 Å². The Bertz CT molecular complexity index is 193. The molecule has 0 saturated heterocycles. The zero-order valence-corrected chi connectivity index (χ0v) is 6.70. The number of rotatable bonds is 3. The van der Waals surface area contributed by atoms with Crippen molar-refractivity contribution >= 4 is 5.97 Å². The summed E-state index contributed by atoms with van der Waals surface area (Å²) in [4.78, 5) is 10.8. The first-order valence-electron chi connectivity index (χ1n) is 3.27. The van der Waals surface area contributed by atoms with Crippen LogP contribution in [0, 0.1) is 23.2 Å². The Balaban J connectivity index is 4.22. The maximum Gasteiger partial charge on any atom is 0.310 e. The summed E-state index contributed by atoms with van der Waals surface area (Å²) in [6, 6.07) is 1.95. The first-order valence-corrected chi connectivity index (χ1v) is 3.27. The molecule has 0 saturated carbocycles. The highest BCUT2D eigenvalue weighted by Crippen LogP contribution is 2.12. The van der Waals surface area contributed by atoms with Crippen molar-refractivity contribution in [3.05, 3.63) is 12.7 Å². The maximum absolute atomic E-state index is 10.8. The summed E-state index contributed by atoms with van der Waals surface area (Å²) in [6.07, 6.45) is 1.45. The summed E-state index contributed by atoms with van der Waals surface area (Å²) in [5.41, 5.74) is 0. The van der Waals surface area contributed by atoms with Crippen LogP contribution in [0.1, 0.15) is 6.92 Å². The van der Waals surface area contributed by atoms with Crippen LogP contribution in [-0.2, 0) is 9.53 Å². The van der Waals surface area contributed by atoms with E-state index >= 15 is 0 Å². The minimum atomic E-state index is -0.456. The van der Waals surface area contributed by atoms with E-state index in [0.717, 1.165) is 0 Å². The van der Waals surface area contributed by atoms with E-state index in [2.05, 4.69) is 11.3 Å². The lowest BCUT2D eigenvalue weighted by atomic mass is 9.96. The van der Waals surface area contributed by atoms with Crippen LogP contribution in [0.2, 0.25) is 0 Å². The molecule has 0 rings (SSSR count). The quantitative estimate of drug-likeness (QED) is 0.451. The Labute approximate surface area is 66.3 Å². The third-order valence-electron chi connectivity index (χ3n) is 1.51. The molecular weight excluding hydrogens is 142 g/mol. The number of ether oxygens (including phenoxy) is 1. The van der Waals surface area contributed by atoms with E-state index in [0.29, 0.717) is 0 Å². The van der Waals surface area contributed by atoms with Crippen molar-refractivity contribution in [1.82, 2.24) is 0 Å². The lowest BCUT2D eigenvalue weighted by Gasteiger charge is -2.10. The fourth-order valence-corrected chi connectivity index (χ4v) is 0.701. The highest BCUT2D eigenvalue weighted by atomic mass is 16.5. The van der Waals surface area contributed by atoms with Gasteiger partial charge < -0.3 is 4.74 Å². The van der Waals surface area contributed by atoms with Crippen LogP contribution in [0.15, 0.2) is 12.7 Å². The molecule has 0 fully saturated rings. The van der Waals surface area contributed by atoms with E-state index in [1.165, 1.54) is 13.2 Å². The summed E-state index contributed by atoms with van der Waals surface area (Å²) in [7, 11) is 1.30. The van der Waals surface area contributed by atoms with E-state index in [4.69, 9.17) is 5.26 Å². The molecule has 0 aliphatic carbocycles. The second kappa shape index (κ2) is 4.51. The predicted molar refractivity (Wildman–Crippen MR) is 40.5 cm³/mol. The number of hydrogen-bond acceptors (Lipinski definition) is 3. The van der Waals surface area contributed by atoms with Gasteiger partial charge in [0.2, 0.25) is 0 Å². The molecule has 0 aromatic rings. The molecular formula is C8H11NO2. The van der Waals surface area contributed by atoms with Gasteiger partial charge in [-0.05, 0) is 0 Å². The predicted octanol–water partition coefficient (Wildman–Crippen LogP) is 1.12. The second-order valence-corrected chi connectivity index (χ2v) is 2.20. The lowest BCUT2D eigenvalue weighted by Crippen LogP contribution is -2.19. The van der Waals surface area contributed by atoms with Crippen molar-refractivity contribution in [2.75, 3.05) is 7.11 Å². The maximum atomic E-state index is 10.8. The van der Waals surface area contributed by atoms with E-state index in [1.807, 2.05) is 6.07 Å². The Morgan fingerprint density at radius 3 is 2.64 bits per heavy atom. The summed E-state index contributed by atoms with van der Waals surface area (Å²) in [6.45, 7) is 5.08. The van der Waals surface area contributed by atoms with Crippen LogP contribution < -0.4 is 0 Å². The van der Waals surface area contributed by atoms with Gasteiger partial charge in [-0.1, -0.05) is 13.0 Å². The monoisotopic (exact) mass is 153 g/mol. The smallest absolute Gasteiger partial charge is 0.310 e. The highest BCUT2D eigenvalue weighted by Gasteiger charge is 2.21. The molecule has 0 spiro atoms. The van der Waals surface area contributed by atoms with Crippen molar-refractivity contribution in [3.8, 4) is 6.07 Å². The van der Waals surface area contributed by atoms with Crippen molar-refractivity contribution in [3.63, 3.8) is 0 Å². The first kappa shape index (κ1) is 9.70. The van der Waals surface area contributed by atoms with Gasteiger partial charge in [0.15, 0.2) is 0 Å². The number of hydrogen-bond donors (Lipinski definition) is 0. The van der Waals surface area contributed by atoms with Gasteiger partial charge in [-0.3, -0.25) is 4.79 Å². The summed E-state index contributed by atoms with van der Waals surface area (Å²) in [5, 5.41) is 8.51. The van der Waals surface area contributed by atoms with Crippen molar-refractivity contribution < 1.29 is 9.53 Å². The van der Waals surface area contributed by atoms with Crippen LogP contribution >= 0.6 is 0 Å². The number of nitrogens with zero attached hydrogens (tertiary/aromatic N) is 1. The number of methoxy groups -OCH3 is 1. The van der Waals surface area contributed by atoms with Gasteiger partial charge in [0.1, 0.15) is 0 Å². The van der Waals surface area contributed by atoms with Gasteiger partial charge in [0.05, 0.1) is 25.0 Å². The number of carbonyl (C=O) groups is 1. The Morgan fingerprint density at radius 1 is 1.82 bits per heavy atom. The fraction of sp³-hybridized carbons (Fsp3) is 0.500. The van der Waals surface area contributed by atoms with Crippen LogP contribution in [0.4, 0.5) is 0 Å². The molecule has 3 nitrogen and oxygen atoms in total. The van der Waals surface area contributed by atoms with Crippen molar-refractivity contribution in [1.29, 1.82) is 5.26 Å². The van der Waals surface area contributed by atoms with E-state index in [-0.39, 0.29) is 5.97 Å². The van der Waals surface area contributed by atoms with Crippen LogP contribution in [0.25, 0.3) is 0 Å². The van der Waals surface area contributed by atoms with Crippen molar-refractivity contribution in [2.24, 2.45) is 11.8 Å². The SMILES string of the molecule is C=CC(C#N)C(C)C(=O)OC. The molecule has 2 atom stereocenters. The third-order valence-corrected chi connectivity index (χ3v) is 1.51. The average molecular weight is 153 g/mol. The molecule has 11 heavy (non-hydrogen) atoms. The van der Waals surface area contributed by atoms with Gasteiger partial charge in [0.25, 0.3) is 0 Å². The Kier molecular flexibility index (Phi) is 3.97. The number of esters is 1. The molecule has 0 aromatic carbocycles. The molecule has 0 aliphatic rings. The molecule has 0 heterocycles. The third kappa shape index (κ3) is 2.42. The largest absolute Gasteiger partial charge is 0.469 e. The topological polar surface area (TPSA) is 50.1 Å². The standard InChI is InChI=1S/C8H11NO2/c1-4-7(5-9)6(2)8(10)11-3/h4,6-7H,1H2,2-3H3.